The first-order valence-corrected chi connectivity index (χ1v) is 5.88. The van der Waals surface area contributed by atoms with Gasteiger partial charge >= 0.3 is 0 Å². The van der Waals surface area contributed by atoms with Gasteiger partial charge in [-0.05, 0) is 12.1 Å². The number of hydrogen-bond acceptors (Lipinski definition) is 4. The van der Waals surface area contributed by atoms with Crippen LogP contribution in [0.3, 0.4) is 0 Å². The average molecular weight is 255 g/mol. The zero-order valence-electron chi connectivity index (χ0n) is 11.8. The van der Waals surface area contributed by atoms with Crippen molar-refractivity contribution in [3.63, 3.8) is 0 Å². The van der Waals surface area contributed by atoms with Gasteiger partial charge in [0.15, 0.2) is 0 Å². The standard InChI is InChI=1S/C13H23N2O3/c1-15(2,3)9-10-18-13-8-6-7-12(11-13)14(16-4)17-5/h6-8,11H,9-10H2,1-5H3/q+1. The molecule has 5 nitrogen and oxygen atoms in total. The fourth-order valence-corrected chi connectivity index (χ4v) is 1.41. The third-order valence-corrected chi connectivity index (χ3v) is 2.39. The molecule has 1 aromatic carbocycles. The van der Waals surface area contributed by atoms with Crippen molar-refractivity contribution in [2.45, 2.75) is 0 Å². The molecule has 0 saturated carbocycles. The molecular formula is C13H23N2O3+. The number of ether oxygens (including phenoxy) is 1. The van der Waals surface area contributed by atoms with Gasteiger partial charge in [-0.3, -0.25) is 9.68 Å². The highest BCUT2D eigenvalue weighted by molar-refractivity contribution is 5.47. The summed E-state index contributed by atoms with van der Waals surface area (Å²) in [6.07, 6.45) is 0. The van der Waals surface area contributed by atoms with E-state index in [1.807, 2.05) is 24.3 Å². The highest BCUT2D eigenvalue weighted by Gasteiger charge is 2.08. The van der Waals surface area contributed by atoms with Gasteiger partial charge in [-0.15, -0.1) is 5.23 Å². The van der Waals surface area contributed by atoms with E-state index in [2.05, 4.69) is 21.1 Å². The lowest BCUT2D eigenvalue weighted by Gasteiger charge is -2.24. The molecule has 1 aromatic rings. The first kappa shape index (κ1) is 14.8. The summed E-state index contributed by atoms with van der Waals surface area (Å²) in [5.41, 5.74) is 0.794. The minimum Gasteiger partial charge on any atom is -0.488 e. The normalized spacial score (nSPS) is 11.4. The number of hydrogen-bond donors (Lipinski definition) is 0. The summed E-state index contributed by atoms with van der Waals surface area (Å²) >= 11 is 0. The number of benzene rings is 1. The predicted molar refractivity (Wildman–Crippen MR) is 71.3 cm³/mol. The maximum atomic E-state index is 5.71. The Hall–Kier alpha value is -1.30. The Morgan fingerprint density at radius 2 is 1.78 bits per heavy atom. The molecule has 0 aliphatic rings. The van der Waals surface area contributed by atoms with Crippen LogP contribution < -0.4 is 9.96 Å². The van der Waals surface area contributed by atoms with Crippen molar-refractivity contribution in [1.82, 2.24) is 0 Å². The lowest BCUT2D eigenvalue weighted by molar-refractivity contribution is -0.870. The van der Waals surface area contributed by atoms with E-state index in [4.69, 9.17) is 14.4 Å². The Labute approximate surface area is 109 Å². The highest BCUT2D eigenvalue weighted by atomic mass is 16.9. The van der Waals surface area contributed by atoms with Gasteiger partial charge in [0.05, 0.1) is 41.0 Å². The van der Waals surface area contributed by atoms with E-state index in [0.29, 0.717) is 6.61 Å². The summed E-state index contributed by atoms with van der Waals surface area (Å²) in [6.45, 7) is 1.62. The van der Waals surface area contributed by atoms with E-state index in [1.165, 1.54) is 5.23 Å². The number of likely N-dealkylation sites (N-methyl/N-ethyl adjacent to an activating group) is 1. The molecule has 0 aliphatic carbocycles. The van der Waals surface area contributed by atoms with Crippen molar-refractivity contribution in [1.29, 1.82) is 0 Å². The smallest absolute Gasteiger partial charge is 0.137 e. The van der Waals surface area contributed by atoms with E-state index in [0.717, 1.165) is 22.5 Å². The van der Waals surface area contributed by atoms with Crippen molar-refractivity contribution < 1.29 is 18.9 Å². The van der Waals surface area contributed by atoms with Crippen molar-refractivity contribution in [3.8, 4) is 5.75 Å². The second-order valence-electron chi connectivity index (χ2n) is 4.98. The first-order valence-electron chi connectivity index (χ1n) is 5.88. The quantitative estimate of drug-likeness (QED) is 0.548. The van der Waals surface area contributed by atoms with Crippen LogP contribution in [0.2, 0.25) is 0 Å². The van der Waals surface area contributed by atoms with Gasteiger partial charge in [-0.25, -0.2) is 0 Å². The van der Waals surface area contributed by atoms with Crippen molar-refractivity contribution in [3.05, 3.63) is 24.3 Å². The van der Waals surface area contributed by atoms with Crippen LogP contribution in [0.5, 0.6) is 5.75 Å². The van der Waals surface area contributed by atoms with Gasteiger partial charge in [0.2, 0.25) is 0 Å². The molecule has 0 bridgehead atoms. The molecule has 0 radical (unpaired) electrons. The number of quaternary nitrogens is 1. The summed E-state index contributed by atoms with van der Waals surface area (Å²) in [6, 6.07) is 7.59. The van der Waals surface area contributed by atoms with Crippen molar-refractivity contribution in [2.75, 3.05) is 53.7 Å². The van der Waals surface area contributed by atoms with Crippen LogP contribution in [0.4, 0.5) is 5.69 Å². The Morgan fingerprint density at radius 1 is 1.11 bits per heavy atom. The fraction of sp³-hybridized carbons (Fsp3) is 0.538. The van der Waals surface area contributed by atoms with E-state index < -0.39 is 0 Å². The molecule has 5 heteroatoms. The molecule has 102 valence electrons. The van der Waals surface area contributed by atoms with E-state index in [1.54, 1.807) is 14.2 Å². The van der Waals surface area contributed by atoms with E-state index in [9.17, 15) is 0 Å². The minimum absolute atomic E-state index is 0.674. The molecule has 0 heterocycles. The summed E-state index contributed by atoms with van der Waals surface area (Å²) in [5.74, 6) is 0.806. The monoisotopic (exact) mass is 255 g/mol. The van der Waals surface area contributed by atoms with Crippen LogP contribution in [0, 0.1) is 0 Å². The maximum absolute atomic E-state index is 5.71. The molecule has 0 amide bonds. The third-order valence-electron chi connectivity index (χ3n) is 2.39. The lowest BCUT2D eigenvalue weighted by Crippen LogP contribution is -2.38. The topological polar surface area (TPSA) is 30.9 Å². The number of rotatable bonds is 7. The van der Waals surface area contributed by atoms with Crippen molar-refractivity contribution >= 4 is 5.69 Å². The third kappa shape index (κ3) is 4.91. The van der Waals surface area contributed by atoms with Gasteiger partial charge in [0, 0.05) is 6.07 Å². The second kappa shape index (κ2) is 6.58. The first-order chi connectivity index (χ1) is 8.46. The molecule has 1 rings (SSSR count). The Bertz CT molecular complexity index is 359. The summed E-state index contributed by atoms with van der Waals surface area (Å²) < 4.78 is 6.59. The predicted octanol–water partition coefficient (Wildman–Crippen LogP) is 1.70. The van der Waals surface area contributed by atoms with Crippen LogP contribution in [-0.2, 0) is 9.68 Å². The zero-order valence-corrected chi connectivity index (χ0v) is 11.8. The molecule has 0 fully saturated rings. The fourth-order valence-electron chi connectivity index (χ4n) is 1.41. The molecule has 0 atom stereocenters. The van der Waals surface area contributed by atoms with Crippen LogP contribution >= 0.6 is 0 Å². The molecule has 0 aliphatic heterocycles. The number of nitrogens with zero attached hydrogens (tertiary/aromatic N) is 2. The molecule has 0 saturated heterocycles. The van der Waals surface area contributed by atoms with Crippen LogP contribution in [0.25, 0.3) is 0 Å². The van der Waals surface area contributed by atoms with E-state index >= 15 is 0 Å². The van der Waals surface area contributed by atoms with Gasteiger partial charge in [0.25, 0.3) is 0 Å². The zero-order chi connectivity index (χ0) is 13.6. The highest BCUT2D eigenvalue weighted by Crippen LogP contribution is 2.21. The van der Waals surface area contributed by atoms with Crippen molar-refractivity contribution in [2.24, 2.45) is 0 Å². The van der Waals surface area contributed by atoms with Crippen LogP contribution in [-0.4, -0.2) is 53.0 Å². The summed E-state index contributed by atoms with van der Waals surface area (Å²) in [7, 11) is 9.51. The Balaban J connectivity index is 2.59. The molecule has 0 spiro atoms. The summed E-state index contributed by atoms with van der Waals surface area (Å²) in [4.78, 5) is 10.1. The van der Waals surface area contributed by atoms with Gasteiger partial charge < -0.3 is 9.22 Å². The van der Waals surface area contributed by atoms with E-state index in [-0.39, 0.29) is 0 Å². The summed E-state index contributed by atoms with van der Waals surface area (Å²) in [5, 5.41) is 1.33. The van der Waals surface area contributed by atoms with Gasteiger partial charge in [-0.2, -0.15) is 0 Å². The van der Waals surface area contributed by atoms with Gasteiger partial charge in [-0.1, -0.05) is 6.07 Å². The lowest BCUT2D eigenvalue weighted by atomic mass is 10.3. The molecular weight excluding hydrogens is 232 g/mol. The maximum Gasteiger partial charge on any atom is 0.137 e. The van der Waals surface area contributed by atoms with Gasteiger partial charge in [0.1, 0.15) is 18.9 Å². The average Bonchev–Trinajstić information content (AvgIpc) is 2.29. The van der Waals surface area contributed by atoms with Crippen LogP contribution in [0.1, 0.15) is 0 Å². The Kier molecular flexibility index (Phi) is 5.40. The second-order valence-corrected chi connectivity index (χ2v) is 4.98. The molecule has 0 N–H and O–H groups in total. The van der Waals surface area contributed by atoms with Crippen LogP contribution in [0.15, 0.2) is 24.3 Å². The number of anilines is 1. The SMILES string of the molecule is CON(OC)c1cccc(OCC[N+](C)(C)C)c1. The Morgan fingerprint density at radius 3 is 2.33 bits per heavy atom. The molecule has 0 unspecified atom stereocenters. The molecule has 18 heavy (non-hydrogen) atoms. The largest absolute Gasteiger partial charge is 0.488 e. The minimum atomic E-state index is 0.674. The molecule has 0 aromatic heterocycles.